The first-order chi connectivity index (χ1) is 8.91. The monoisotopic (exact) mass is 283 g/mol. The van der Waals surface area contributed by atoms with E-state index in [1.54, 1.807) is 4.90 Å². The third kappa shape index (κ3) is 2.26. The molecule has 0 aromatic carbocycles. The minimum atomic E-state index is -1.26. The molecule has 104 valence electrons. The second-order valence-electron chi connectivity index (χ2n) is 4.81. The molecule has 0 aliphatic carbocycles. The van der Waals surface area contributed by atoms with Crippen LogP contribution in [0.1, 0.15) is 27.2 Å². The molecule has 0 spiro atoms. The number of methoxy groups -OCH3 is 1. The van der Waals surface area contributed by atoms with Gasteiger partial charge in [-0.2, -0.15) is 0 Å². The van der Waals surface area contributed by atoms with Crippen molar-refractivity contribution >= 4 is 23.2 Å². The van der Waals surface area contributed by atoms with E-state index in [2.05, 4.69) is 0 Å². The van der Waals surface area contributed by atoms with Crippen LogP contribution < -0.4 is 0 Å². The van der Waals surface area contributed by atoms with Gasteiger partial charge in [-0.15, -0.1) is 11.3 Å². The van der Waals surface area contributed by atoms with Crippen molar-refractivity contribution in [2.24, 2.45) is 0 Å². The minimum absolute atomic E-state index is 0.103. The normalized spacial score (nSPS) is 22.8. The van der Waals surface area contributed by atoms with E-state index in [1.165, 1.54) is 18.4 Å². The molecule has 1 saturated heterocycles. The first kappa shape index (κ1) is 14.0. The van der Waals surface area contributed by atoms with Gasteiger partial charge in [-0.25, -0.2) is 4.79 Å². The Balaban J connectivity index is 2.19. The Labute approximate surface area is 115 Å². The number of aryl methyl sites for hydroxylation is 1. The third-order valence-corrected chi connectivity index (χ3v) is 4.83. The molecule has 19 heavy (non-hydrogen) atoms. The fourth-order valence-electron chi connectivity index (χ4n) is 2.28. The number of hydrogen-bond donors (Lipinski definition) is 1. The summed E-state index contributed by atoms with van der Waals surface area (Å²) in [6, 6.07) is 0. The summed E-state index contributed by atoms with van der Waals surface area (Å²) in [5.41, 5.74) is 0.384. The van der Waals surface area contributed by atoms with Crippen LogP contribution in [0.15, 0.2) is 5.38 Å². The van der Waals surface area contributed by atoms with Crippen molar-refractivity contribution in [1.82, 2.24) is 4.90 Å². The Bertz CT molecular complexity index is 525. The summed E-state index contributed by atoms with van der Waals surface area (Å²) < 4.78 is 5.12. The number of thiophene rings is 1. The van der Waals surface area contributed by atoms with E-state index >= 15 is 0 Å². The maximum absolute atomic E-state index is 12.4. The van der Waals surface area contributed by atoms with E-state index in [0.29, 0.717) is 18.5 Å². The molecular formula is C13H17NO4S. The molecule has 1 fully saturated rings. The molecule has 2 rings (SSSR count). The summed E-state index contributed by atoms with van der Waals surface area (Å²) in [4.78, 5) is 26.3. The lowest BCUT2D eigenvalue weighted by atomic mass is 10.0. The van der Waals surface area contributed by atoms with Gasteiger partial charge in [0.1, 0.15) is 0 Å². The second kappa shape index (κ2) is 4.94. The zero-order chi connectivity index (χ0) is 14.2. The number of amides is 1. The highest BCUT2D eigenvalue weighted by molar-refractivity contribution is 7.10. The molecule has 0 saturated carbocycles. The number of carboxylic acids is 1. The van der Waals surface area contributed by atoms with Crippen molar-refractivity contribution in [3.8, 4) is 0 Å². The third-order valence-electron chi connectivity index (χ3n) is 3.82. The summed E-state index contributed by atoms with van der Waals surface area (Å²) in [6.07, 6.45) is 0.326. The fraction of sp³-hybridized carbons (Fsp3) is 0.538. The number of likely N-dealkylation sites (tertiary alicyclic amines) is 1. The van der Waals surface area contributed by atoms with Gasteiger partial charge in [-0.1, -0.05) is 0 Å². The molecule has 1 atom stereocenters. The molecule has 5 nitrogen and oxygen atoms in total. The predicted molar refractivity (Wildman–Crippen MR) is 71.7 cm³/mol. The first-order valence-electron chi connectivity index (χ1n) is 6.04. The van der Waals surface area contributed by atoms with Crippen LogP contribution >= 0.6 is 11.3 Å². The molecular weight excluding hydrogens is 266 g/mol. The Morgan fingerprint density at radius 3 is 2.58 bits per heavy atom. The van der Waals surface area contributed by atoms with Crippen molar-refractivity contribution < 1.29 is 19.4 Å². The largest absolute Gasteiger partial charge is 0.479 e. The number of nitrogens with zero attached hydrogens (tertiary/aromatic N) is 1. The molecule has 1 aliphatic rings. The van der Waals surface area contributed by atoms with Crippen LogP contribution in [0.4, 0.5) is 0 Å². The van der Waals surface area contributed by atoms with Crippen LogP contribution in [0.25, 0.3) is 0 Å². The molecule has 1 N–H and O–H groups in total. The van der Waals surface area contributed by atoms with Crippen LogP contribution in [-0.4, -0.2) is 47.7 Å². The Morgan fingerprint density at radius 1 is 1.47 bits per heavy atom. The maximum Gasteiger partial charge on any atom is 0.337 e. The number of hydrogen-bond acceptors (Lipinski definition) is 4. The van der Waals surface area contributed by atoms with Gasteiger partial charge >= 0.3 is 5.97 Å². The van der Waals surface area contributed by atoms with Crippen LogP contribution in [-0.2, 0) is 9.53 Å². The summed E-state index contributed by atoms with van der Waals surface area (Å²) in [7, 11) is 1.38. The van der Waals surface area contributed by atoms with E-state index in [4.69, 9.17) is 4.74 Å². The van der Waals surface area contributed by atoms with Crippen molar-refractivity contribution in [2.75, 3.05) is 20.2 Å². The lowest BCUT2D eigenvalue weighted by Crippen LogP contribution is -2.44. The number of rotatable bonds is 3. The molecule has 0 bridgehead atoms. The highest BCUT2D eigenvalue weighted by atomic mass is 32.1. The van der Waals surface area contributed by atoms with Crippen molar-refractivity contribution in [3.05, 3.63) is 21.4 Å². The predicted octanol–water partition coefficient (Wildman–Crippen LogP) is 1.68. The average molecular weight is 283 g/mol. The van der Waals surface area contributed by atoms with Gasteiger partial charge in [-0.3, -0.25) is 4.79 Å². The van der Waals surface area contributed by atoms with Crippen LogP contribution in [0.3, 0.4) is 0 Å². The van der Waals surface area contributed by atoms with Crippen molar-refractivity contribution in [1.29, 1.82) is 0 Å². The molecule has 2 heterocycles. The quantitative estimate of drug-likeness (QED) is 0.916. The Kier molecular flexibility index (Phi) is 3.64. The van der Waals surface area contributed by atoms with E-state index in [1.807, 2.05) is 19.2 Å². The van der Waals surface area contributed by atoms with Crippen LogP contribution in [0.2, 0.25) is 0 Å². The Morgan fingerprint density at radius 2 is 2.16 bits per heavy atom. The SMILES string of the molecule is COC1(C(=O)O)CCN(C(=O)c2csc(C)c2C)C1. The summed E-state index contributed by atoms with van der Waals surface area (Å²) >= 11 is 1.54. The highest BCUT2D eigenvalue weighted by Gasteiger charge is 2.47. The van der Waals surface area contributed by atoms with E-state index in [9.17, 15) is 14.7 Å². The van der Waals surface area contributed by atoms with Gasteiger partial charge in [0.25, 0.3) is 5.91 Å². The molecule has 6 heteroatoms. The summed E-state index contributed by atoms with van der Waals surface area (Å²) in [6.45, 7) is 4.40. The van der Waals surface area contributed by atoms with Gasteiger partial charge in [0, 0.05) is 30.3 Å². The van der Waals surface area contributed by atoms with Gasteiger partial charge in [-0.05, 0) is 19.4 Å². The summed E-state index contributed by atoms with van der Waals surface area (Å²) in [5.74, 6) is -1.12. The molecule has 1 aromatic rings. The number of ether oxygens (including phenoxy) is 1. The average Bonchev–Trinajstić information content (AvgIpc) is 2.95. The van der Waals surface area contributed by atoms with Gasteiger partial charge in [0.2, 0.25) is 0 Å². The van der Waals surface area contributed by atoms with Gasteiger partial charge in [0.15, 0.2) is 5.60 Å². The maximum atomic E-state index is 12.4. The smallest absolute Gasteiger partial charge is 0.337 e. The number of carbonyl (C=O) groups is 2. The van der Waals surface area contributed by atoms with E-state index in [-0.39, 0.29) is 12.5 Å². The zero-order valence-electron chi connectivity index (χ0n) is 11.2. The zero-order valence-corrected chi connectivity index (χ0v) is 12.0. The van der Waals surface area contributed by atoms with Gasteiger partial charge < -0.3 is 14.7 Å². The lowest BCUT2D eigenvalue weighted by molar-refractivity contribution is -0.160. The topological polar surface area (TPSA) is 66.8 Å². The Hall–Kier alpha value is -1.40. The summed E-state index contributed by atoms with van der Waals surface area (Å²) in [5, 5.41) is 11.1. The van der Waals surface area contributed by atoms with Crippen molar-refractivity contribution in [2.45, 2.75) is 25.9 Å². The first-order valence-corrected chi connectivity index (χ1v) is 6.92. The fourth-order valence-corrected chi connectivity index (χ4v) is 3.14. The van der Waals surface area contributed by atoms with E-state index < -0.39 is 11.6 Å². The molecule has 1 aliphatic heterocycles. The van der Waals surface area contributed by atoms with E-state index in [0.717, 1.165) is 10.4 Å². The minimum Gasteiger partial charge on any atom is -0.479 e. The number of carbonyl (C=O) groups excluding carboxylic acids is 1. The molecule has 1 amide bonds. The van der Waals surface area contributed by atoms with Crippen LogP contribution in [0, 0.1) is 13.8 Å². The van der Waals surface area contributed by atoms with Gasteiger partial charge in [0.05, 0.1) is 12.1 Å². The van der Waals surface area contributed by atoms with Crippen molar-refractivity contribution in [3.63, 3.8) is 0 Å². The highest BCUT2D eigenvalue weighted by Crippen LogP contribution is 2.29. The van der Waals surface area contributed by atoms with Crippen LogP contribution in [0.5, 0.6) is 0 Å². The number of carboxylic acid groups (broad SMARTS) is 1. The second-order valence-corrected chi connectivity index (χ2v) is 5.89. The lowest BCUT2D eigenvalue weighted by Gasteiger charge is -2.23. The standard InChI is InChI=1S/C13H17NO4S/c1-8-9(2)19-6-10(8)11(15)14-5-4-13(7-14,18-3)12(16)17/h6H,4-5,7H2,1-3H3,(H,16,17). The molecule has 1 aromatic heterocycles. The molecule has 0 radical (unpaired) electrons. The molecule has 1 unspecified atom stereocenters. The number of aliphatic carboxylic acids is 1.